The molecule has 0 fully saturated rings. The summed E-state index contributed by atoms with van der Waals surface area (Å²) in [4.78, 5) is 0.0754. The first-order valence-electron chi connectivity index (χ1n) is 4.38. The van der Waals surface area contributed by atoms with E-state index in [1.165, 1.54) is 12.4 Å². The minimum Gasteiger partial charge on any atom is -0.269 e. The second kappa shape index (κ2) is 4.42. The van der Waals surface area contributed by atoms with Gasteiger partial charge in [-0.3, -0.25) is 4.68 Å². The fraction of sp³-hybridized carbons (Fsp3) is 0.500. The predicted molar refractivity (Wildman–Crippen MR) is 53.4 cm³/mol. The zero-order valence-corrected chi connectivity index (χ0v) is 9.32. The molecule has 7 heteroatoms. The molecule has 1 aromatic heterocycles. The summed E-state index contributed by atoms with van der Waals surface area (Å²) in [6, 6.07) is 1.81. The molecular formula is C8H12N4O2S. The summed E-state index contributed by atoms with van der Waals surface area (Å²) in [6.45, 7) is 3.55. The highest BCUT2D eigenvalue weighted by Crippen LogP contribution is 2.10. The van der Waals surface area contributed by atoms with Gasteiger partial charge in [-0.15, -0.1) is 0 Å². The lowest BCUT2D eigenvalue weighted by Crippen LogP contribution is -2.23. The fourth-order valence-electron chi connectivity index (χ4n) is 0.952. The van der Waals surface area contributed by atoms with E-state index >= 15 is 0 Å². The third-order valence-electron chi connectivity index (χ3n) is 1.76. The van der Waals surface area contributed by atoms with E-state index in [0.717, 1.165) is 0 Å². The molecule has 1 rings (SSSR count). The van der Waals surface area contributed by atoms with E-state index in [4.69, 9.17) is 5.26 Å². The van der Waals surface area contributed by atoms with Crippen molar-refractivity contribution < 1.29 is 8.42 Å². The van der Waals surface area contributed by atoms with Crippen molar-refractivity contribution in [3.05, 3.63) is 12.4 Å². The number of nitrogens with one attached hydrogen (secondary N) is 1. The molecule has 0 atom stereocenters. The SMILES string of the molecule is CC(C)n1cc(S(=O)(=O)NCC#N)cn1. The number of aromatic nitrogens is 2. The smallest absolute Gasteiger partial charge is 0.244 e. The molecule has 0 aliphatic carbocycles. The minimum atomic E-state index is -3.59. The Bertz CT molecular complexity index is 469. The Morgan fingerprint density at radius 2 is 2.33 bits per heavy atom. The quantitative estimate of drug-likeness (QED) is 0.749. The average molecular weight is 228 g/mol. The Morgan fingerprint density at radius 1 is 1.67 bits per heavy atom. The first kappa shape index (κ1) is 11.7. The van der Waals surface area contributed by atoms with Crippen molar-refractivity contribution in [2.24, 2.45) is 0 Å². The van der Waals surface area contributed by atoms with Gasteiger partial charge in [0, 0.05) is 12.2 Å². The van der Waals surface area contributed by atoms with Gasteiger partial charge in [0.25, 0.3) is 0 Å². The Balaban J connectivity index is 2.92. The number of hydrogen-bond acceptors (Lipinski definition) is 4. The number of sulfonamides is 1. The first-order valence-corrected chi connectivity index (χ1v) is 5.86. The van der Waals surface area contributed by atoms with E-state index in [1.807, 2.05) is 13.8 Å². The maximum absolute atomic E-state index is 11.5. The number of rotatable bonds is 4. The van der Waals surface area contributed by atoms with Crippen LogP contribution >= 0.6 is 0 Å². The van der Waals surface area contributed by atoms with Crippen molar-refractivity contribution in [2.75, 3.05) is 6.54 Å². The highest BCUT2D eigenvalue weighted by Gasteiger charge is 2.16. The maximum atomic E-state index is 11.5. The van der Waals surface area contributed by atoms with Gasteiger partial charge in [0.1, 0.15) is 4.90 Å². The molecule has 0 unspecified atom stereocenters. The van der Waals surface area contributed by atoms with Gasteiger partial charge in [0.15, 0.2) is 0 Å². The van der Waals surface area contributed by atoms with Gasteiger partial charge in [0.2, 0.25) is 10.0 Å². The van der Waals surface area contributed by atoms with Crippen molar-refractivity contribution >= 4 is 10.0 Å². The second-order valence-corrected chi connectivity index (χ2v) is 5.00. The summed E-state index contributed by atoms with van der Waals surface area (Å²) in [5.41, 5.74) is 0. The van der Waals surface area contributed by atoms with E-state index in [0.29, 0.717) is 0 Å². The van der Waals surface area contributed by atoms with E-state index in [-0.39, 0.29) is 17.5 Å². The van der Waals surface area contributed by atoms with Gasteiger partial charge in [0.05, 0.1) is 18.8 Å². The first-order chi connectivity index (χ1) is 6.97. The molecular weight excluding hydrogens is 216 g/mol. The molecule has 0 aliphatic rings. The number of nitrogens with zero attached hydrogens (tertiary/aromatic N) is 3. The standard InChI is InChI=1S/C8H12N4O2S/c1-7(2)12-6-8(5-10-12)15(13,14)11-4-3-9/h5-7,11H,4H2,1-2H3. The van der Waals surface area contributed by atoms with Gasteiger partial charge < -0.3 is 0 Å². The molecule has 1 aromatic rings. The fourth-order valence-corrected chi connectivity index (χ4v) is 1.81. The summed E-state index contributed by atoms with van der Waals surface area (Å²) >= 11 is 0. The highest BCUT2D eigenvalue weighted by molar-refractivity contribution is 7.89. The predicted octanol–water partition coefficient (Wildman–Crippen LogP) is 0.266. The van der Waals surface area contributed by atoms with Gasteiger partial charge in [-0.05, 0) is 13.8 Å². The molecule has 1 heterocycles. The minimum absolute atomic E-state index is 0.0754. The van der Waals surface area contributed by atoms with Crippen molar-refractivity contribution in [1.82, 2.24) is 14.5 Å². The second-order valence-electron chi connectivity index (χ2n) is 3.23. The topological polar surface area (TPSA) is 87.8 Å². The molecule has 0 aliphatic heterocycles. The number of nitriles is 1. The largest absolute Gasteiger partial charge is 0.269 e. The van der Waals surface area contributed by atoms with E-state index in [1.54, 1.807) is 10.8 Å². The summed E-state index contributed by atoms with van der Waals surface area (Å²) in [5.74, 6) is 0. The lowest BCUT2D eigenvalue weighted by Gasteiger charge is -2.03. The van der Waals surface area contributed by atoms with Crippen molar-refractivity contribution in [3.63, 3.8) is 0 Å². The van der Waals surface area contributed by atoms with Gasteiger partial charge >= 0.3 is 0 Å². The lowest BCUT2D eigenvalue weighted by atomic mass is 10.4. The zero-order valence-electron chi connectivity index (χ0n) is 8.51. The van der Waals surface area contributed by atoms with E-state index in [2.05, 4.69) is 9.82 Å². The summed E-state index contributed by atoms with van der Waals surface area (Å²) in [6.07, 6.45) is 2.70. The Morgan fingerprint density at radius 3 is 2.80 bits per heavy atom. The molecule has 0 bridgehead atoms. The highest BCUT2D eigenvalue weighted by atomic mass is 32.2. The van der Waals surface area contributed by atoms with Gasteiger partial charge in [-0.1, -0.05) is 0 Å². The molecule has 0 aromatic carbocycles. The maximum Gasteiger partial charge on any atom is 0.244 e. The van der Waals surface area contributed by atoms with E-state index < -0.39 is 10.0 Å². The third-order valence-corrected chi connectivity index (χ3v) is 3.11. The summed E-state index contributed by atoms with van der Waals surface area (Å²) in [7, 11) is -3.59. The summed E-state index contributed by atoms with van der Waals surface area (Å²) in [5, 5.41) is 12.2. The lowest BCUT2D eigenvalue weighted by molar-refractivity contribution is 0.531. The van der Waals surface area contributed by atoms with Gasteiger partial charge in [-0.25, -0.2) is 8.42 Å². The monoisotopic (exact) mass is 228 g/mol. The van der Waals surface area contributed by atoms with Crippen LogP contribution in [0.3, 0.4) is 0 Å². The Kier molecular flexibility index (Phi) is 3.44. The van der Waals surface area contributed by atoms with Crippen LogP contribution in [-0.2, 0) is 10.0 Å². The van der Waals surface area contributed by atoms with Crippen LogP contribution in [0.4, 0.5) is 0 Å². The van der Waals surface area contributed by atoms with Crippen LogP contribution in [0.15, 0.2) is 17.3 Å². The molecule has 82 valence electrons. The molecule has 1 N–H and O–H groups in total. The third kappa shape index (κ3) is 2.78. The van der Waals surface area contributed by atoms with Crippen molar-refractivity contribution in [3.8, 4) is 6.07 Å². The summed E-state index contributed by atoms with van der Waals surface area (Å²) < 4.78 is 26.7. The van der Waals surface area contributed by atoms with Crippen LogP contribution < -0.4 is 4.72 Å². The molecule has 6 nitrogen and oxygen atoms in total. The van der Waals surface area contributed by atoms with Crippen LogP contribution in [0.2, 0.25) is 0 Å². The van der Waals surface area contributed by atoms with Crippen LogP contribution in [0.25, 0.3) is 0 Å². The van der Waals surface area contributed by atoms with Gasteiger partial charge in [-0.2, -0.15) is 15.1 Å². The number of hydrogen-bond donors (Lipinski definition) is 1. The molecule has 0 spiro atoms. The molecule has 0 saturated carbocycles. The zero-order chi connectivity index (χ0) is 11.5. The van der Waals surface area contributed by atoms with Crippen LogP contribution in [0.5, 0.6) is 0 Å². The van der Waals surface area contributed by atoms with Crippen LogP contribution in [0, 0.1) is 11.3 Å². The van der Waals surface area contributed by atoms with Crippen molar-refractivity contribution in [1.29, 1.82) is 5.26 Å². The Hall–Kier alpha value is -1.39. The Labute approximate surface area is 88.6 Å². The van der Waals surface area contributed by atoms with Crippen LogP contribution in [-0.4, -0.2) is 24.7 Å². The molecule has 15 heavy (non-hydrogen) atoms. The molecule has 0 radical (unpaired) electrons. The molecule has 0 saturated heterocycles. The average Bonchev–Trinajstić information content (AvgIpc) is 2.64. The van der Waals surface area contributed by atoms with Crippen molar-refractivity contribution in [2.45, 2.75) is 24.8 Å². The normalized spacial score (nSPS) is 11.6. The molecule has 0 amide bonds. The van der Waals surface area contributed by atoms with E-state index in [9.17, 15) is 8.42 Å². The van der Waals surface area contributed by atoms with Crippen LogP contribution in [0.1, 0.15) is 19.9 Å².